The Hall–Kier alpha value is -3.21. The number of anilines is 2. The molecule has 5 heteroatoms. The number of carbonyl (C=O) groups excluding carboxylic acids is 1. The summed E-state index contributed by atoms with van der Waals surface area (Å²) in [6.07, 6.45) is 7.37. The molecule has 4 rings (SSSR count). The summed E-state index contributed by atoms with van der Waals surface area (Å²) < 4.78 is 0. The van der Waals surface area contributed by atoms with E-state index in [2.05, 4.69) is 20.6 Å². The SMILES string of the molecule is O=C(NC1CCCCC1)c1cccc(Nc2cc(-c3ccccc3)ncn2)c1. The Labute approximate surface area is 165 Å². The third-order valence-electron chi connectivity index (χ3n) is 5.07. The summed E-state index contributed by atoms with van der Waals surface area (Å²) in [6.45, 7) is 0. The minimum absolute atomic E-state index is 0.0109. The quantitative estimate of drug-likeness (QED) is 0.665. The summed E-state index contributed by atoms with van der Waals surface area (Å²) in [5, 5.41) is 6.45. The Bertz CT molecular complexity index is 936. The Morgan fingerprint density at radius 3 is 2.54 bits per heavy atom. The van der Waals surface area contributed by atoms with Crippen LogP contribution in [0.3, 0.4) is 0 Å². The molecule has 2 aromatic carbocycles. The molecule has 0 saturated heterocycles. The molecule has 1 aromatic heterocycles. The van der Waals surface area contributed by atoms with Gasteiger partial charge in [-0.3, -0.25) is 4.79 Å². The zero-order chi connectivity index (χ0) is 19.2. The van der Waals surface area contributed by atoms with E-state index in [0.717, 1.165) is 29.8 Å². The molecule has 0 spiro atoms. The lowest BCUT2D eigenvalue weighted by Gasteiger charge is -2.22. The minimum Gasteiger partial charge on any atom is -0.349 e. The van der Waals surface area contributed by atoms with Crippen LogP contribution in [-0.2, 0) is 0 Å². The summed E-state index contributed by atoms with van der Waals surface area (Å²) in [6, 6.07) is 19.7. The van der Waals surface area contributed by atoms with Gasteiger partial charge in [-0.15, -0.1) is 0 Å². The van der Waals surface area contributed by atoms with Crippen molar-refractivity contribution in [1.29, 1.82) is 0 Å². The average Bonchev–Trinajstić information content (AvgIpc) is 2.75. The summed E-state index contributed by atoms with van der Waals surface area (Å²) >= 11 is 0. The van der Waals surface area contributed by atoms with Crippen molar-refractivity contribution in [1.82, 2.24) is 15.3 Å². The molecule has 1 amide bonds. The zero-order valence-electron chi connectivity index (χ0n) is 15.8. The molecule has 1 heterocycles. The van der Waals surface area contributed by atoms with Crippen molar-refractivity contribution in [3.05, 3.63) is 72.6 Å². The lowest BCUT2D eigenvalue weighted by molar-refractivity contribution is 0.0928. The highest BCUT2D eigenvalue weighted by atomic mass is 16.1. The van der Waals surface area contributed by atoms with Crippen molar-refractivity contribution in [2.75, 3.05) is 5.32 Å². The third-order valence-corrected chi connectivity index (χ3v) is 5.07. The van der Waals surface area contributed by atoms with Gasteiger partial charge < -0.3 is 10.6 Å². The second-order valence-electron chi connectivity index (χ2n) is 7.17. The molecule has 28 heavy (non-hydrogen) atoms. The van der Waals surface area contributed by atoms with E-state index in [4.69, 9.17) is 0 Å². The molecule has 1 saturated carbocycles. The molecule has 3 aromatic rings. The van der Waals surface area contributed by atoms with E-state index in [9.17, 15) is 4.79 Å². The topological polar surface area (TPSA) is 66.9 Å². The number of benzene rings is 2. The predicted octanol–water partition coefficient (Wildman–Crippen LogP) is 4.95. The van der Waals surface area contributed by atoms with Gasteiger partial charge in [0.05, 0.1) is 5.69 Å². The van der Waals surface area contributed by atoms with E-state index in [-0.39, 0.29) is 5.91 Å². The van der Waals surface area contributed by atoms with Crippen molar-refractivity contribution in [3.63, 3.8) is 0 Å². The normalized spacial score (nSPS) is 14.4. The molecule has 1 aliphatic rings. The molecule has 0 radical (unpaired) electrons. The second kappa shape index (κ2) is 8.65. The molecule has 1 fully saturated rings. The Morgan fingerprint density at radius 2 is 1.71 bits per heavy atom. The van der Waals surface area contributed by atoms with Crippen LogP contribution >= 0.6 is 0 Å². The van der Waals surface area contributed by atoms with Crippen LogP contribution in [0.15, 0.2) is 67.0 Å². The van der Waals surface area contributed by atoms with Crippen LogP contribution in [0, 0.1) is 0 Å². The van der Waals surface area contributed by atoms with Gasteiger partial charge in [-0.1, -0.05) is 55.7 Å². The van der Waals surface area contributed by atoms with Crippen LogP contribution in [0.4, 0.5) is 11.5 Å². The van der Waals surface area contributed by atoms with Crippen molar-refractivity contribution in [3.8, 4) is 11.3 Å². The molecule has 0 bridgehead atoms. The summed E-state index contributed by atoms with van der Waals surface area (Å²) in [5.74, 6) is 0.682. The Balaban J connectivity index is 1.47. The lowest BCUT2D eigenvalue weighted by atomic mass is 9.95. The van der Waals surface area contributed by atoms with Crippen molar-refractivity contribution >= 4 is 17.4 Å². The number of rotatable bonds is 5. The van der Waals surface area contributed by atoms with E-state index in [1.54, 1.807) is 6.33 Å². The van der Waals surface area contributed by atoms with Gasteiger partial charge in [-0.2, -0.15) is 0 Å². The first-order chi connectivity index (χ1) is 13.8. The van der Waals surface area contributed by atoms with Crippen molar-refractivity contribution in [2.45, 2.75) is 38.1 Å². The fraction of sp³-hybridized carbons (Fsp3) is 0.261. The number of aromatic nitrogens is 2. The Kier molecular flexibility index (Phi) is 5.61. The van der Waals surface area contributed by atoms with E-state index in [0.29, 0.717) is 17.4 Å². The maximum Gasteiger partial charge on any atom is 0.251 e. The molecule has 5 nitrogen and oxygen atoms in total. The first-order valence-electron chi connectivity index (χ1n) is 9.83. The van der Waals surface area contributed by atoms with Crippen LogP contribution < -0.4 is 10.6 Å². The highest BCUT2D eigenvalue weighted by Crippen LogP contribution is 2.22. The number of nitrogens with zero attached hydrogens (tertiary/aromatic N) is 2. The van der Waals surface area contributed by atoms with Gasteiger partial charge in [-0.05, 0) is 31.0 Å². The van der Waals surface area contributed by atoms with Gasteiger partial charge in [0.25, 0.3) is 5.91 Å². The van der Waals surface area contributed by atoms with Crippen molar-refractivity contribution < 1.29 is 4.79 Å². The van der Waals surface area contributed by atoms with Crippen LogP contribution in [0.5, 0.6) is 0 Å². The second-order valence-corrected chi connectivity index (χ2v) is 7.17. The highest BCUT2D eigenvalue weighted by molar-refractivity contribution is 5.95. The average molecular weight is 372 g/mol. The Morgan fingerprint density at radius 1 is 0.893 bits per heavy atom. The standard InChI is InChI=1S/C23H24N4O/c28-23(27-19-11-5-2-6-12-19)18-10-7-13-20(14-18)26-22-15-21(24-16-25-22)17-8-3-1-4-9-17/h1,3-4,7-10,13-16,19H,2,5-6,11-12H2,(H,27,28)(H,24,25,26). The zero-order valence-corrected chi connectivity index (χ0v) is 15.8. The largest absolute Gasteiger partial charge is 0.349 e. The third kappa shape index (κ3) is 4.55. The molecule has 142 valence electrons. The fourth-order valence-electron chi connectivity index (χ4n) is 3.59. The van der Waals surface area contributed by atoms with Gasteiger partial charge in [0, 0.05) is 28.9 Å². The van der Waals surface area contributed by atoms with Gasteiger partial charge in [-0.25, -0.2) is 9.97 Å². The number of amides is 1. The maximum atomic E-state index is 12.6. The van der Waals surface area contributed by atoms with E-state index >= 15 is 0 Å². The number of carbonyl (C=O) groups is 1. The predicted molar refractivity (Wildman–Crippen MR) is 112 cm³/mol. The molecule has 1 aliphatic carbocycles. The van der Waals surface area contributed by atoms with Crippen molar-refractivity contribution in [2.24, 2.45) is 0 Å². The summed E-state index contributed by atoms with van der Waals surface area (Å²) in [5.41, 5.74) is 3.37. The highest BCUT2D eigenvalue weighted by Gasteiger charge is 2.16. The number of hydrogen-bond donors (Lipinski definition) is 2. The van der Waals surface area contributed by atoms with Crippen LogP contribution in [0.25, 0.3) is 11.3 Å². The maximum absolute atomic E-state index is 12.6. The van der Waals surface area contributed by atoms with Gasteiger partial charge in [0.2, 0.25) is 0 Å². The number of hydrogen-bond acceptors (Lipinski definition) is 4. The lowest BCUT2D eigenvalue weighted by Crippen LogP contribution is -2.36. The molecule has 2 N–H and O–H groups in total. The summed E-state index contributed by atoms with van der Waals surface area (Å²) in [4.78, 5) is 21.2. The van der Waals surface area contributed by atoms with Gasteiger partial charge in [0.15, 0.2) is 0 Å². The smallest absolute Gasteiger partial charge is 0.251 e. The van der Waals surface area contributed by atoms with Gasteiger partial charge in [0.1, 0.15) is 12.1 Å². The first-order valence-corrected chi connectivity index (χ1v) is 9.83. The minimum atomic E-state index is -0.0109. The monoisotopic (exact) mass is 372 g/mol. The van der Waals surface area contributed by atoms with E-state index in [1.807, 2.05) is 60.7 Å². The number of nitrogens with one attached hydrogen (secondary N) is 2. The first kappa shape index (κ1) is 18.2. The van der Waals surface area contributed by atoms with E-state index < -0.39 is 0 Å². The molecule has 0 aliphatic heterocycles. The van der Waals surface area contributed by atoms with E-state index in [1.165, 1.54) is 19.3 Å². The van der Waals surface area contributed by atoms with Crippen LogP contribution in [-0.4, -0.2) is 21.9 Å². The summed E-state index contributed by atoms with van der Waals surface area (Å²) in [7, 11) is 0. The molecular formula is C23H24N4O. The van der Waals surface area contributed by atoms with Gasteiger partial charge >= 0.3 is 0 Å². The van der Waals surface area contributed by atoms with Crippen LogP contribution in [0.1, 0.15) is 42.5 Å². The van der Waals surface area contributed by atoms with Crippen LogP contribution in [0.2, 0.25) is 0 Å². The fourth-order valence-corrected chi connectivity index (χ4v) is 3.59. The molecular weight excluding hydrogens is 348 g/mol. The molecule has 0 unspecified atom stereocenters. The molecule has 0 atom stereocenters.